The van der Waals surface area contributed by atoms with Gasteiger partial charge in [0.2, 0.25) is 0 Å². The molecule has 0 aromatic rings. The van der Waals surface area contributed by atoms with Crippen molar-refractivity contribution in [2.75, 3.05) is 0 Å². The average Bonchev–Trinajstić information content (AvgIpc) is 2.31. The Bertz CT molecular complexity index is 243. The van der Waals surface area contributed by atoms with Gasteiger partial charge in [0.05, 0.1) is 0 Å². The van der Waals surface area contributed by atoms with Gasteiger partial charge in [0.1, 0.15) is 0 Å². The Labute approximate surface area is 102 Å². The molecule has 2 atom stereocenters. The Balaban J connectivity index is 2.88. The van der Waals surface area contributed by atoms with Crippen LogP contribution < -0.4 is 0 Å². The first-order chi connectivity index (χ1) is 7.71. The third-order valence-corrected chi connectivity index (χ3v) is 4.48. The molecule has 0 amide bonds. The van der Waals surface area contributed by atoms with E-state index in [1.165, 1.54) is 32.1 Å². The molecule has 0 saturated heterocycles. The molecule has 1 aliphatic rings. The van der Waals surface area contributed by atoms with Crippen molar-refractivity contribution < 1.29 is 0 Å². The molecule has 92 valence electrons. The molecule has 2 unspecified atom stereocenters. The third kappa shape index (κ3) is 2.99. The summed E-state index contributed by atoms with van der Waals surface area (Å²) in [5.74, 6) is 1.64. The smallest absolute Gasteiger partial charge is 0.00558 e. The second kappa shape index (κ2) is 6.27. The molecule has 0 heteroatoms. The molecule has 0 saturated carbocycles. The number of hydrogen-bond donors (Lipinski definition) is 0. The van der Waals surface area contributed by atoms with Gasteiger partial charge in [-0.3, -0.25) is 0 Å². The van der Waals surface area contributed by atoms with Crippen molar-refractivity contribution in [2.24, 2.45) is 17.3 Å². The van der Waals surface area contributed by atoms with Crippen molar-refractivity contribution in [1.29, 1.82) is 0 Å². The highest BCUT2D eigenvalue weighted by atomic mass is 14.3. The summed E-state index contributed by atoms with van der Waals surface area (Å²) in [4.78, 5) is 0. The highest BCUT2D eigenvalue weighted by Gasteiger charge is 2.23. The first kappa shape index (κ1) is 13.5. The summed E-state index contributed by atoms with van der Waals surface area (Å²) >= 11 is 0. The van der Waals surface area contributed by atoms with Crippen LogP contribution in [0.2, 0.25) is 0 Å². The third-order valence-electron chi connectivity index (χ3n) is 4.48. The molecule has 0 aromatic carbocycles. The maximum absolute atomic E-state index is 2.50. The zero-order valence-electron chi connectivity index (χ0n) is 11.5. The van der Waals surface area contributed by atoms with E-state index < -0.39 is 0 Å². The van der Waals surface area contributed by atoms with E-state index in [9.17, 15) is 0 Å². The SMILES string of the molecule is CCC1C=CC(CC)(CC)C=CCC1CC. The van der Waals surface area contributed by atoms with E-state index in [0.29, 0.717) is 5.41 Å². The van der Waals surface area contributed by atoms with Gasteiger partial charge in [0, 0.05) is 5.41 Å². The monoisotopic (exact) mass is 220 g/mol. The molecule has 0 spiro atoms. The van der Waals surface area contributed by atoms with E-state index in [2.05, 4.69) is 52.0 Å². The summed E-state index contributed by atoms with van der Waals surface area (Å²) in [6.07, 6.45) is 16.2. The number of allylic oxidation sites excluding steroid dienone is 4. The minimum Gasteiger partial charge on any atom is -0.0874 e. The molecule has 0 fully saturated rings. The molecule has 0 N–H and O–H groups in total. The summed E-state index contributed by atoms with van der Waals surface area (Å²) in [5, 5.41) is 0. The summed E-state index contributed by atoms with van der Waals surface area (Å²) in [6.45, 7) is 9.25. The van der Waals surface area contributed by atoms with Crippen molar-refractivity contribution in [2.45, 2.75) is 59.8 Å². The van der Waals surface area contributed by atoms with Gasteiger partial charge in [-0.25, -0.2) is 0 Å². The molecule has 1 rings (SSSR count). The highest BCUT2D eigenvalue weighted by molar-refractivity contribution is 5.14. The van der Waals surface area contributed by atoms with Crippen molar-refractivity contribution in [1.82, 2.24) is 0 Å². The van der Waals surface area contributed by atoms with Crippen LogP contribution in [0.25, 0.3) is 0 Å². The van der Waals surface area contributed by atoms with Gasteiger partial charge in [-0.2, -0.15) is 0 Å². The van der Waals surface area contributed by atoms with Crippen LogP contribution in [0.4, 0.5) is 0 Å². The molecule has 16 heavy (non-hydrogen) atoms. The molecular weight excluding hydrogens is 192 g/mol. The molecule has 0 aliphatic heterocycles. The van der Waals surface area contributed by atoms with E-state index in [4.69, 9.17) is 0 Å². The van der Waals surface area contributed by atoms with E-state index >= 15 is 0 Å². The summed E-state index contributed by atoms with van der Waals surface area (Å²) in [7, 11) is 0. The maximum atomic E-state index is 2.50. The summed E-state index contributed by atoms with van der Waals surface area (Å²) in [6, 6.07) is 0. The van der Waals surface area contributed by atoms with Crippen molar-refractivity contribution >= 4 is 0 Å². The first-order valence-electron chi connectivity index (χ1n) is 7.08. The van der Waals surface area contributed by atoms with Gasteiger partial charge in [0.15, 0.2) is 0 Å². The van der Waals surface area contributed by atoms with Crippen LogP contribution in [0.15, 0.2) is 24.3 Å². The Kier molecular flexibility index (Phi) is 5.31. The Hall–Kier alpha value is -0.520. The van der Waals surface area contributed by atoms with Crippen molar-refractivity contribution in [3.63, 3.8) is 0 Å². The van der Waals surface area contributed by atoms with Crippen LogP contribution in [0, 0.1) is 17.3 Å². The van der Waals surface area contributed by atoms with Gasteiger partial charge in [-0.15, -0.1) is 0 Å². The number of rotatable bonds is 4. The van der Waals surface area contributed by atoms with Gasteiger partial charge < -0.3 is 0 Å². The Morgan fingerprint density at radius 3 is 2.19 bits per heavy atom. The lowest BCUT2D eigenvalue weighted by atomic mass is 9.75. The van der Waals surface area contributed by atoms with Crippen molar-refractivity contribution in [3.8, 4) is 0 Å². The quantitative estimate of drug-likeness (QED) is 0.559. The number of hydrogen-bond acceptors (Lipinski definition) is 0. The van der Waals surface area contributed by atoms with Gasteiger partial charge in [0.25, 0.3) is 0 Å². The maximum Gasteiger partial charge on any atom is 0.00558 e. The molecule has 1 aliphatic carbocycles. The fourth-order valence-corrected chi connectivity index (χ4v) is 2.84. The zero-order chi connectivity index (χ0) is 12.0. The minimum atomic E-state index is 0.339. The van der Waals surface area contributed by atoms with Crippen molar-refractivity contribution in [3.05, 3.63) is 24.3 Å². The van der Waals surface area contributed by atoms with Crippen LogP contribution in [-0.2, 0) is 0 Å². The van der Waals surface area contributed by atoms with Gasteiger partial charge >= 0.3 is 0 Å². The second-order valence-corrected chi connectivity index (χ2v) is 5.18. The van der Waals surface area contributed by atoms with Crippen LogP contribution >= 0.6 is 0 Å². The standard InChI is InChI=1S/C16H28/c1-5-14-10-9-12-16(7-3,8-4)13-11-15(14)6-2/h9,11-15H,5-8,10H2,1-4H3. The zero-order valence-corrected chi connectivity index (χ0v) is 11.5. The second-order valence-electron chi connectivity index (χ2n) is 5.18. The molecule has 0 bridgehead atoms. The first-order valence-corrected chi connectivity index (χ1v) is 7.08. The molecular formula is C16H28. The molecule has 0 aromatic heterocycles. The molecule has 0 heterocycles. The van der Waals surface area contributed by atoms with E-state index in [1.54, 1.807) is 0 Å². The lowest BCUT2D eigenvalue weighted by Gasteiger charge is -2.30. The highest BCUT2D eigenvalue weighted by Crippen LogP contribution is 2.35. The molecule has 0 nitrogen and oxygen atoms in total. The lowest BCUT2D eigenvalue weighted by Crippen LogP contribution is -2.18. The van der Waals surface area contributed by atoms with Gasteiger partial charge in [-0.05, 0) is 37.5 Å². The fraction of sp³-hybridized carbons (Fsp3) is 0.750. The average molecular weight is 220 g/mol. The van der Waals surface area contributed by atoms with E-state index in [-0.39, 0.29) is 0 Å². The van der Waals surface area contributed by atoms with E-state index in [1.807, 2.05) is 0 Å². The Morgan fingerprint density at radius 2 is 1.69 bits per heavy atom. The summed E-state index contributed by atoms with van der Waals surface area (Å²) < 4.78 is 0. The lowest BCUT2D eigenvalue weighted by molar-refractivity contribution is 0.359. The normalized spacial score (nSPS) is 28.8. The minimum absolute atomic E-state index is 0.339. The topological polar surface area (TPSA) is 0 Å². The van der Waals surface area contributed by atoms with Crippen LogP contribution in [-0.4, -0.2) is 0 Å². The summed E-state index contributed by atoms with van der Waals surface area (Å²) in [5.41, 5.74) is 0.339. The Morgan fingerprint density at radius 1 is 1.00 bits per heavy atom. The largest absolute Gasteiger partial charge is 0.0874 e. The predicted molar refractivity (Wildman–Crippen MR) is 73.5 cm³/mol. The molecule has 0 radical (unpaired) electrons. The van der Waals surface area contributed by atoms with Crippen LogP contribution in [0.3, 0.4) is 0 Å². The van der Waals surface area contributed by atoms with E-state index in [0.717, 1.165) is 11.8 Å². The van der Waals surface area contributed by atoms with Gasteiger partial charge in [-0.1, -0.05) is 58.4 Å². The van der Waals surface area contributed by atoms with Crippen LogP contribution in [0.5, 0.6) is 0 Å². The predicted octanol–water partition coefficient (Wildman–Crippen LogP) is 5.36. The fourth-order valence-electron chi connectivity index (χ4n) is 2.84. The van der Waals surface area contributed by atoms with Crippen LogP contribution in [0.1, 0.15) is 59.8 Å².